The van der Waals surface area contributed by atoms with Gasteiger partial charge in [-0.25, -0.2) is 0 Å². The lowest BCUT2D eigenvalue weighted by Gasteiger charge is -2.32. The van der Waals surface area contributed by atoms with Gasteiger partial charge in [0, 0.05) is 10.6 Å². The molecule has 0 bridgehead atoms. The fourth-order valence-electron chi connectivity index (χ4n) is 3.34. The molecule has 0 saturated carbocycles. The highest BCUT2D eigenvalue weighted by molar-refractivity contribution is 7.58. The predicted molar refractivity (Wildman–Crippen MR) is 116 cm³/mol. The van der Waals surface area contributed by atoms with Crippen molar-refractivity contribution < 1.29 is 18.3 Å². The zero-order chi connectivity index (χ0) is 21.7. The largest absolute Gasteiger partial charge is 0.432 e. The Kier molecular flexibility index (Phi) is 7.02. The molecule has 0 radical (unpaired) electrons. The third-order valence-corrected chi connectivity index (χ3v) is 6.81. The van der Waals surface area contributed by atoms with Crippen LogP contribution in [0.3, 0.4) is 0 Å². The predicted octanol–water partition coefficient (Wildman–Crippen LogP) is 5.78. The zero-order valence-electron chi connectivity index (χ0n) is 16.7. The topological polar surface area (TPSA) is 94.6 Å². The van der Waals surface area contributed by atoms with Crippen molar-refractivity contribution in [1.29, 1.82) is 5.26 Å². The summed E-state index contributed by atoms with van der Waals surface area (Å²) < 4.78 is 30.6. The number of halogens is 1. The van der Waals surface area contributed by atoms with E-state index in [1.807, 2.05) is 30.3 Å². The van der Waals surface area contributed by atoms with Crippen LogP contribution in [0, 0.1) is 11.3 Å². The van der Waals surface area contributed by atoms with E-state index in [-0.39, 0.29) is 30.2 Å². The molecule has 0 spiro atoms. The first-order chi connectivity index (χ1) is 14.4. The van der Waals surface area contributed by atoms with Gasteiger partial charge in [0.15, 0.2) is 0 Å². The maximum absolute atomic E-state index is 13.7. The van der Waals surface area contributed by atoms with E-state index < -0.39 is 13.5 Å². The molecule has 0 aromatic heterocycles. The Bertz CT molecular complexity index is 1050. The molecule has 8 heteroatoms. The SMILES string of the molecule is CCOP(=O)(OCC)C1=C(c2ccccc2)C(c2ccc(Cl)cc2)C(C#N)=C(N)O1. The van der Waals surface area contributed by atoms with Gasteiger partial charge >= 0.3 is 7.60 Å². The van der Waals surface area contributed by atoms with Crippen LogP contribution in [0.2, 0.25) is 5.02 Å². The molecule has 6 nitrogen and oxygen atoms in total. The van der Waals surface area contributed by atoms with Crippen LogP contribution in [0.5, 0.6) is 0 Å². The summed E-state index contributed by atoms with van der Waals surface area (Å²) in [6.45, 7) is 3.72. The summed E-state index contributed by atoms with van der Waals surface area (Å²) in [6.07, 6.45) is 0. The minimum Gasteiger partial charge on any atom is -0.432 e. The van der Waals surface area contributed by atoms with Crippen LogP contribution in [0.25, 0.3) is 5.57 Å². The zero-order valence-corrected chi connectivity index (χ0v) is 18.3. The minimum atomic E-state index is -3.85. The van der Waals surface area contributed by atoms with E-state index in [1.165, 1.54) is 0 Å². The van der Waals surface area contributed by atoms with Gasteiger partial charge in [-0.3, -0.25) is 4.57 Å². The normalized spacial score (nSPS) is 16.9. The average molecular weight is 445 g/mol. The summed E-state index contributed by atoms with van der Waals surface area (Å²) in [5.41, 5.74) is 8.28. The van der Waals surface area contributed by atoms with Gasteiger partial charge in [-0.1, -0.05) is 54.1 Å². The van der Waals surface area contributed by atoms with Crippen LogP contribution in [-0.4, -0.2) is 13.2 Å². The molecule has 1 aliphatic rings. The molecule has 30 heavy (non-hydrogen) atoms. The molecule has 156 valence electrons. The Balaban J connectivity index is 2.35. The summed E-state index contributed by atoms with van der Waals surface area (Å²) in [7, 11) is -3.85. The van der Waals surface area contributed by atoms with Gasteiger partial charge in [0.05, 0.1) is 19.1 Å². The van der Waals surface area contributed by atoms with Crippen molar-refractivity contribution in [1.82, 2.24) is 0 Å². The third-order valence-electron chi connectivity index (χ3n) is 4.54. The van der Waals surface area contributed by atoms with E-state index in [0.717, 1.165) is 5.56 Å². The fraction of sp³-hybridized carbons (Fsp3) is 0.227. The standard InChI is InChI=1S/C22H22ClN2O4P/c1-3-27-30(26,28-4-2)22-20(15-8-6-5-7-9-15)19(18(14-24)21(25)29-22)16-10-12-17(23)13-11-16/h5-13,19H,3-4,25H2,1-2H3. The van der Waals surface area contributed by atoms with Crippen molar-refractivity contribution >= 4 is 24.8 Å². The molecular weight excluding hydrogens is 423 g/mol. The number of ether oxygens (including phenoxy) is 1. The first-order valence-electron chi connectivity index (χ1n) is 9.47. The Labute approximate surface area is 181 Å². The molecule has 0 saturated heterocycles. The second-order valence-electron chi connectivity index (χ2n) is 6.39. The molecule has 0 amide bonds. The number of nitrogens with zero attached hydrogens (tertiary/aromatic N) is 1. The van der Waals surface area contributed by atoms with Crippen molar-refractivity contribution in [2.24, 2.45) is 5.73 Å². The van der Waals surface area contributed by atoms with Gasteiger partial charge in [0.2, 0.25) is 11.4 Å². The molecule has 1 atom stereocenters. The van der Waals surface area contributed by atoms with Crippen LogP contribution in [0.1, 0.15) is 30.9 Å². The number of nitriles is 1. The summed E-state index contributed by atoms with van der Waals surface area (Å²) in [5, 5.41) is 10.4. The molecule has 1 aliphatic heterocycles. The highest BCUT2D eigenvalue weighted by Crippen LogP contribution is 2.63. The van der Waals surface area contributed by atoms with Gasteiger partial charge in [-0.15, -0.1) is 0 Å². The Hall–Kier alpha value is -2.55. The average Bonchev–Trinajstić information content (AvgIpc) is 2.74. The molecule has 2 N–H and O–H groups in total. The van der Waals surface area contributed by atoms with Crippen molar-refractivity contribution in [3.8, 4) is 6.07 Å². The molecule has 2 aromatic rings. The Morgan fingerprint density at radius 1 is 1.10 bits per heavy atom. The van der Waals surface area contributed by atoms with Crippen molar-refractivity contribution in [3.63, 3.8) is 0 Å². The highest BCUT2D eigenvalue weighted by atomic mass is 35.5. The van der Waals surface area contributed by atoms with E-state index in [1.54, 1.807) is 38.1 Å². The maximum atomic E-state index is 13.7. The lowest BCUT2D eigenvalue weighted by molar-refractivity contribution is 0.199. The summed E-state index contributed by atoms with van der Waals surface area (Å²) in [5.74, 6) is -0.764. The van der Waals surface area contributed by atoms with Gasteiger partial charge in [-0.05, 0) is 37.1 Å². The first kappa shape index (κ1) is 22.1. The van der Waals surface area contributed by atoms with Gasteiger partial charge in [0.25, 0.3) is 0 Å². The second kappa shape index (κ2) is 9.51. The fourth-order valence-corrected chi connectivity index (χ4v) is 5.22. The number of rotatable bonds is 7. The quantitative estimate of drug-likeness (QED) is 0.544. The monoisotopic (exact) mass is 444 g/mol. The van der Waals surface area contributed by atoms with Gasteiger partial charge in [-0.2, -0.15) is 5.26 Å². The number of allylic oxidation sites excluding steroid dienone is 2. The van der Waals surface area contributed by atoms with E-state index in [2.05, 4.69) is 6.07 Å². The van der Waals surface area contributed by atoms with Crippen LogP contribution in [0.4, 0.5) is 0 Å². The molecule has 1 heterocycles. The van der Waals surface area contributed by atoms with E-state index in [0.29, 0.717) is 16.2 Å². The third kappa shape index (κ3) is 4.30. The van der Waals surface area contributed by atoms with Crippen LogP contribution < -0.4 is 5.73 Å². The summed E-state index contributed by atoms with van der Waals surface area (Å²) in [6, 6.07) is 18.5. The molecule has 3 rings (SSSR count). The van der Waals surface area contributed by atoms with Crippen molar-refractivity contribution in [2.45, 2.75) is 19.8 Å². The molecule has 0 fully saturated rings. The lowest BCUT2D eigenvalue weighted by atomic mass is 9.81. The summed E-state index contributed by atoms with van der Waals surface area (Å²) >= 11 is 6.06. The smallest absolute Gasteiger partial charge is 0.396 e. The van der Waals surface area contributed by atoms with Crippen molar-refractivity contribution in [2.75, 3.05) is 13.2 Å². The lowest BCUT2D eigenvalue weighted by Crippen LogP contribution is -2.21. The van der Waals surface area contributed by atoms with Crippen LogP contribution in [-0.2, 0) is 18.3 Å². The number of nitrogens with two attached hydrogens (primary N) is 1. The van der Waals surface area contributed by atoms with Crippen LogP contribution >= 0.6 is 19.2 Å². The highest BCUT2D eigenvalue weighted by Gasteiger charge is 2.43. The number of benzene rings is 2. The minimum absolute atomic E-state index is 0.00569. The van der Waals surface area contributed by atoms with E-state index in [9.17, 15) is 9.83 Å². The Morgan fingerprint density at radius 3 is 2.23 bits per heavy atom. The van der Waals surface area contributed by atoms with E-state index >= 15 is 0 Å². The number of hydrogen-bond donors (Lipinski definition) is 1. The van der Waals surface area contributed by atoms with Gasteiger partial charge < -0.3 is 19.5 Å². The molecular formula is C22H22ClN2O4P. The maximum Gasteiger partial charge on any atom is 0.396 e. The van der Waals surface area contributed by atoms with Gasteiger partial charge in [0.1, 0.15) is 11.6 Å². The number of hydrogen-bond acceptors (Lipinski definition) is 6. The molecule has 1 unspecified atom stereocenters. The molecule has 2 aromatic carbocycles. The summed E-state index contributed by atoms with van der Waals surface area (Å²) in [4.78, 5) is 0. The first-order valence-corrected chi connectivity index (χ1v) is 11.4. The van der Waals surface area contributed by atoms with E-state index in [4.69, 9.17) is 31.1 Å². The van der Waals surface area contributed by atoms with Crippen molar-refractivity contribution in [3.05, 3.63) is 87.7 Å². The van der Waals surface area contributed by atoms with Crippen LogP contribution in [0.15, 0.2) is 71.6 Å². The second-order valence-corrected chi connectivity index (χ2v) is 8.75. The Morgan fingerprint density at radius 2 is 1.70 bits per heavy atom. The molecule has 0 aliphatic carbocycles.